The van der Waals surface area contributed by atoms with Crippen molar-refractivity contribution in [2.75, 3.05) is 11.9 Å². The lowest BCUT2D eigenvalue weighted by molar-refractivity contribution is 0.340. The molecule has 0 spiro atoms. The number of pyridine rings is 1. The maximum Gasteiger partial charge on any atom is 0.136 e. The standard InChI is InChI=1S/C18H23ClN2/c1-13-7-9-16(10-8-13)21(2)18-17-6-4-3-5-14(17)11-15(12-19)20-18/h3-6,11,13,16H,7-10,12H2,1-2H3. The van der Waals surface area contributed by atoms with Crippen LogP contribution in [0.25, 0.3) is 10.8 Å². The predicted octanol–water partition coefficient (Wildman–Crippen LogP) is 4.99. The van der Waals surface area contributed by atoms with Crippen LogP contribution in [-0.4, -0.2) is 18.1 Å². The molecule has 0 radical (unpaired) electrons. The van der Waals surface area contributed by atoms with Crippen molar-refractivity contribution in [2.45, 2.75) is 44.5 Å². The summed E-state index contributed by atoms with van der Waals surface area (Å²) >= 11 is 6.03. The van der Waals surface area contributed by atoms with Gasteiger partial charge in [-0.2, -0.15) is 0 Å². The van der Waals surface area contributed by atoms with Crippen LogP contribution < -0.4 is 4.90 Å². The first-order valence-electron chi connectivity index (χ1n) is 7.86. The van der Waals surface area contributed by atoms with Crippen molar-refractivity contribution in [1.29, 1.82) is 0 Å². The van der Waals surface area contributed by atoms with E-state index in [9.17, 15) is 0 Å². The molecule has 0 amide bonds. The zero-order valence-corrected chi connectivity index (χ0v) is 13.6. The zero-order chi connectivity index (χ0) is 14.8. The van der Waals surface area contributed by atoms with Gasteiger partial charge in [0.2, 0.25) is 0 Å². The Morgan fingerprint density at radius 1 is 1.19 bits per heavy atom. The SMILES string of the molecule is CC1CCC(N(C)c2nc(CCl)cc3ccccc23)CC1. The minimum atomic E-state index is 0.466. The average molecular weight is 303 g/mol. The van der Waals surface area contributed by atoms with Crippen molar-refractivity contribution < 1.29 is 0 Å². The molecule has 0 saturated heterocycles. The Kier molecular flexibility index (Phi) is 4.34. The number of benzene rings is 1. The number of fused-ring (bicyclic) bond motifs is 1. The Labute approximate surface area is 132 Å². The highest BCUT2D eigenvalue weighted by Gasteiger charge is 2.23. The van der Waals surface area contributed by atoms with Crippen LogP contribution in [0.5, 0.6) is 0 Å². The van der Waals surface area contributed by atoms with Crippen molar-refractivity contribution in [3.63, 3.8) is 0 Å². The highest BCUT2D eigenvalue weighted by molar-refractivity contribution is 6.17. The highest BCUT2D eigenvalue weighted by Crippen LogP contribution is 2.32. The van der Waals surface area contributed by atoms with Crippen LogP contribution in [0, 0.1) is 5.92 Å². The molecule has 2 aromatic rings. The molecule has 112 valence electrons. The van der Waals surface area contributed by atoms with Crippen LogP contribution in [0.1, 0.15) is 38.3 Å². The molecule has 0 unspecified atom stereocenters. The van der Waals surface area contributed by atoms with E-state index in [4.69, 9.17) is 16.6 Å². The summed E-state index contributed by atoms with van der Waals surface area (Å²) in [7, 11) is 2.19. The summed E-state index contributed by atoms with van der Waals surface area (Å²) in [6.45, 7) is 2.36. The van der Waals surface area contributed by atoms with E-state index in [1.807, 2.05) is 0 Å². The van der Waals surface area contributed by atoms with E-state index in [-0.39, 0.29) is 0 Å². The lowest BCUT2D eigenvalue weighted by Crippen LogP contribution is -2.35. The number of rotatable bonds is 3. The van der Waals surface area contributed by atoms with Gasteiger partial charge in [0.25, 0.3) is 0 Å². The second-order valence-corrected chi connectivity index (χ2v) is 6.58. The minimum Gasteiger partial charge on any atom is -0.356 e. The maximum atomic E-state index is 6.03. The molecular weight excluding hydrogens is 280 g/mol. The number of halogens is 1. The maximum absolute atomic E-state index is 6.03. The topological polar surface area (TPSA) is 16.1 Å². The fraction of sp³-hybridized carbons (Fsp3) is 0.500. The van der Waals surface area contributed by atoms with Crippen LogP contribution in [0.2, 0.25) is 0 Å². The molecule has 3 rings (SSSR count). The van der Waals surface area contributed by atoms with Gasteiger partial charge < -0.3 is 4.90 Å². The van der Waals surface area contributed by atoms with Crippen LogP contribution in [0.3, 0.4) is 0 Å². The second-order valence-electron chi connectivity index (χ2n) is 6.32. The van der Waals surface area contributed by atoms with Gasteiger partial charge in [0.1, 0.15) is 5.82 Å². The van der Waals surface area contributed by atoms with Gasteiger partial charge in [0.15, 0.2) is 0 Å². The van der Waals surface area contributed by atoms with Crippen LogP contribution in [0.15, 0.2) is 30.3 Å². The quantitative estimate of drug-likeness (QED) is 0.743. The molecule has 1 heterocycles. The number of anilines is 1. The van der Waals surface area contributed by atoms with Gasteiger partial charge in [-0.1, -0.05) is 31.2 Å². The minimum absolute atomic E-state index is 0.466. The van der Waals surface area contributed by atoms with Crippen molar-refractivity contribution >= 4 is 28.2 Å². The number of alkyl halides is 1. The van der Waals surface area contributed by atoms with E-state index < -0.39 is 0 Å². The lowest BCUT2D eigenvalue weighted by atomic mass is 9.86. The predicted molar refractivity (Wildman–Crippen MR) is 91.1 cm³/mol. The largest absolute Gasteiger partial charge is 0.356 e. The first-order valence-corrected chi connectivity index (χ1v) is 8.40. The Morgan fingerprint density at radius 3 is 2.62 bits per heavy atom. The lowest BCUT2D eigenvalue weighted by Gasteiger charge is -2.35. The molecule has 0 aliphatic heterocycles. The van der Waals surface area contributed by atoms with E-state index in [1.165, 1.54) is 36.5 Å². The van der Waals surface area contributed by atoms with Gasteiger partial charge in [-0.15, -0.1) is 11.6 Å². The molecule has 1 aromatic heterocycles. The van der Waals surface area contributed by atoms with Crippen molar-refractivity contribution in [1.82, 2.24) is 4.98 Å². The third-order valence-corrected chi connectivity index (χ3v) is 5.05. The fourth-order valence-electron chi connectivity index (χ4n) is 3.37. The normalized spacial score (nSPS) is 22.4. The van der Waals surface area contributed by atoms with Crippen LogP contribution in [0.4, 0.5) is 5.82 Å². The van der Waals surface area contributed by atoms with E-state index in [0.717, 1.165) is 17.4 Å². The molecule has 0 N–H and O–H groups in total. The summed E-state index contributed by atoms with van der Waals surface area (Å²) in [4.78, 5) is 7.19. The van der Waals surface area contributed by atoms with E-state index in [0.29, 0.717) is 11.9 Å². The number of hydrogen-bond acceptors (Lipinski definition) is 2. The van der Waals surface area contributed by atoms with E-state index in [2.05, 4.69) is 49.2 Å². The third kappa shape index (κ3) is 3.01. The molecule has 3 heteroatoms. The van der Waals surface area contributed by atoms with Gasteiger partial charge in [0.05, 0.1) is 11.6 Å². The van der Waals surface area contributed by atoms with Crippen LogP contribution >= 0.6 is 11.6 Å². The molecule has 0 bridgehead atoms. The molecule has 1 aliphatic rings. The molecule has 0 atom stereocenters. The Morgan fingerprint density at radius 2 is 1.90 bits per heavy atom. The Balaban J connectivity index is 1.98. The van der Waals surface area contributed by atoms with E-state index >= 15 is 0 Å². The summed E-state index contributed by atoms with van der Waals surface area (Å²) in [5.74, 6) is 2.42. The van der Waals surface area contributed by atoms with Crippen molar-refractivity contribution in [3.8, 4) is 0 Å². The molecule has 2 nitrogen and oxygen atoms in total. The van der Waals surface area contributed by atoms with Gasteiger partial charge in [-0.25, -0.2) is 4.98 Å². The molecular formula is C18H23ClN2. The molecule has 1 fully saturated rings. The number of aromatic nitrogens is 1. The third-order valence-electron chi connectivity index (χ3n) is 4.78. The summed E-state index contributed by atoms with van der Waals surface area (Å²) in [6, 6.07) is 11.2. The highest BCUT2D eigenvalue weighted by atomic mass is 35.5. The van der Waals surface area contributed by atoms with Gasteiger partial charge in [0, 0.05) is 18.5 Å². The first kappa shape index (κ1) is 14.6. The van der Waals surface area contributed by atoms with Crippen molar-refractivity contribution in [2.24, 2.45) is 5.92 Å². The van der Waals surface area contributed by atoms with E-state index in [1.54, 1.807) is 0 Å². The summed E-state index contributed by atoms with van der Waals surface area (Å²) < 4.78 is 0. The molecule has 1 aromatic carbocycles. The van der Waals surface area contributed by atoms with Gasteiger partial charge in [-0.3, -0.25) is 0 Å². The monoisotopic (exact) mass is 302 g/mol. The van der Waals surface area contributed by atoms with Crippen molar-refractivity contribution in [3.05, 3.63) is 36.0 Å². The number of hydrogen-bond donors (Lipinski definition) is 0. The molecule has 21 heavy (non-hydrogen) atoms. The summed E-state index contributed by atoms with van der Waals surface area (Å²) in [5, 5.41) is 2.46. The van der Waals surface area contributed by atoms with Gasteiger partial charge >= 0.3 is 0 Å². The molecule has 1 aliphatic carbocycles. The summed E-state index contributed by atoms with van der Waals surface area (Å²) in [5.41, 5.74) is 0.960. The Hall–Kier alpha value is -1.28. The molecule has 1 saturated carbocycles. The smallest absolute Gasteiger partial charge is 0.136 e. The number of nitrogens with zero attached hydrogens (tertiary/aromatic N) is 2. The first-order chi connectivity index (χ1) is 10.2. The zero-order valence-electron chi connectivity index (χ0n) is 12.8. The average Bonchev–Trinajstić information content (AvgIpc) is 2.53. The van der Waals surface area contributed by atoms with Gasteiger partial charge in [-0.05, 0) is 43.1 Å². The second kappa shape index (κ2) is 6.23. The fourth-order valence-corrected chi connectivity index (χ4v) is 3.51. The Bertz CT molecular complexity index is 618. The summed E-state index contributed by atoms with van der Waals surface area (Å²) in [6.07, 6.45) is 5.17. The van der Waals surface area contributed by atoms with Crippen LogP contribution in [-0.2, 0) is 5.88 Å².